The average Bonchev–Trinajstić information content (AvgIpc) is 2.25. The maximum Gasteiger partial charge on any atom is 0.203 e. The standard InChI is InChI=1S/C11H17NO3/c1-13-9-6-8(4-5-12)7-10(14-2)11(9)15-3/h6-7H,4-5,12H2,1-3H3/i5D2. The number of nitrogens with two attached hydrogens (primary N) is 1. The van der Waals surface area contributed by atoms with Gasteiger partial charge in [-0.1, -0.05) is 0 Å². The highest BCUT2D eigenvalue weighted by atomic mass is 16.5. The lowest BCUT2D eigenvalue weighted by atomic mass is 10.1. The van der Waals surface area contributed by atoms with Crippen molar-refractivity contribution in [1.29, 1.82) is 0 Å². The Bertz CT molecular complexity index is 366. The third-order valence-electron chi connectivity index (χ3n) is 2.03. The quantitative estimate of drug-likeness (QED) is 0.799. The fourth-order valence-corrected chi connectivity index (χ4v) is 1.36. The van der Waals surface area contributed by atoms with Crippen molar-refractivity contribution in [3.8, 4) is 17.2 Å². The third kappa shape index (κ3) is 2.53. The van der Waals surface area contributed by atoms with Crippen LogP contribution >= 0.6 is 0 Å². The maximum absolute atomic E-state index is 7.35. The first-order valence-corrected chi connectivity index (χ1v) is 4.49. The van der Waals surface area contributed by atoms with E-state index in [-0.39, 0.29) is 6.42 Å². The van der Waals surface area contributed by atoms with Crippen LogP contribution in [0.1, 0.15) is 8.30 Å². The number of benzene rings is 1. The molecule has 2 N–H and O–H groups in total. The van der Waals surface area contributed by atoms with Crippen LogP contribution in [0.25, 0.3) is 0 Å². The molecule has 15 heavy (non-hydrogen) atoms. The molecule has 0 heterocycles. The lowest BCUT2D eigenvalue weighted by Gasteiger charge is -2.13. The van der Waals surface area contributed by atoms with Crippen molar-refractivity contribution >= 4 is 0 Å². The Kier molecular flexibility index (Phi) is 3.22. The van der Waals surface area contributed by atoms with Crippen LogP contribution in [0.2, 0.25) is 0 Å². The Labute approximate surface area is 92.7 Å². The summed E-state index contributed by atoms with van der Waals surface area (Å²) in [5.74, 6) is 1.47. The van der Waals surface area contributed by atoms with Gasteiger partial charge in [0, 0.05) is 2.74 Å². The van der Waals surface area contributed by atoms with Gasteiger partial charge in [-0.15, -0.1) is 0 Å². The van der Waals surface area contributed by atoms with Gasteiger partial charge in [-0.3, -0.25) is 0 Å². The smallest absolute Gasteiger partial charge is 0.203 e. The molecular weight excluding hydrogens is 194 g/mol. The van der Waals surface area contributed by atoms with Gasteiger partial charge >= 0.3 is 0 Å². The molecule has 4 nitrogen and oxygen atoms in total. The highest BCUT2D eigenvalue weighted by Gasteiger charge is 2.12. The van der Waals surface area contributed by atoms with E-state index in [2.05, 4.69) is 0 Å². The SMILES string of the molecule is [2H]C([2H])(N)Cc1cc(OC)c(OC)c(OC)c1. The van der Waals surface area contributed by atoms with Crippen LogP contribution in [0.4, 0.5) is 0 Å². The Morgan fingerprint density at radius 2 is 1.67 bits per heavy atom. The summed E-state index contributed by atoms with van der Waals surface area (Å²) in [5, 5.41) is 0. The Morgan fingerprint density at radius 3 is 2.00 bits per heavy atom. The summed E-state index contributed by atoms with van der Waals surface area (Å²) in [4.78, 5) is 0. The van der Waals surface area contributed by atoms with Gasteiger partial charge in [-0.05, 0) is 30.6 Å². The first kappa shape index (κ1) is 8.85. The van der Waals surface area contributed by atoms with Gasteiger partial charge in [0.25, 0.3) is 0 Å². The second-order valence-electron chi connectivity index (χ2n) is 2.91. The molecule has 0 spiro atoms. The molecule has 1 rings (SSSR count). The van der Waals surface area contributed by atoms with E-state index < -0.39 is 6.50 Å². The van der Waals surface area contributed by atoms with Crippen molar-refractivity contribution in [2.75, 3.05) is 27.8 Å². The number of aryl methyl sites for hydroxylation is 1. The molecule has 0 saturated heterocycles. The second-order valence-corrected chi connectivity index (χ2v) is 2.91. The van der Waals surface area contributed by atoms with Gasteiger partial charge in [0.15, 0.2) is 11.5 Å². The van der Waals surface area contributed by atoms with Gasteiger partial charge in [0.1, 0.15) is 0 Å². The summed E-state index contributed by atoms with van der Waals surface area (Å²) in [6, 6.07) is 3.37. The zero-order valence-electron chi connectivity index (χ0n) is 11.2. The van der Waals surface area contributed by atoms with Gasteiger partial charge < -0.3 is 19.9 Å². The average molecular weight is 213 g/mol. The molecule has 0 aromatic heterocycles. The fourth-order valence-electron chi connectivity index (χ4n) is 1.36. The molecule has 0 aliphatic heterocycles. The van der Waals surface area contributed by atoms with E-state index in [1.165, 1.54) is 21.3 Å². The van der Waals surface area contributed by atoms with Crippen molar-refractivity contribution in [1.82, 2.24) is 0 Å². The van der Waals surface area contributed by atoms with Crippen LogP contribution in [-0.2, 0) is 6.42 Å². The normalized spacial score (nSPS) is 12.8. The number of hydrogen-bond donors (Lipinski definition) is 1. The van der Waals surface area contributed by atoms with Crippen LogP contribution in [0.15, 0.2) is 12.1 Å². The molecule has 1 aromatic carbocycles. The number of methoxy groups -OCH3 is 3. The maximum atomic E-state index is 7.35. The zero-order valence-corrected chi connectivity index (χ0v) is 9.16. The van der Waals surface area contributed by atoms with Crippen molar-refractivity contribution in [3.05, 3.63) is 17.7 Å². The summed E-state index contributed by atoms with van der Waals surface area (Å²) >= 11 is 0. The summed E-state index contributed by atoms with van der Waals surface area (Å²) < 4.78 is 30.2. The molecular formula is C11H17NO3. The first-order chi connectivity index (χ1) is 7.91. The van der Waals surface area contributed by atoms with E-state index >= 15 is 0 Å². The minimum absolute atomic E-state index is 0.0731. The molecule has 0 unspecified atom stereocenters. The lowest BCUT2D eigenvalue weighted by molar-refractivity contribution is 0.324. The van der Waals surface area contributed by atoms with E-state index in [0.717, 1.165) is 0 Å². The summed E-state index contributed by atoms with van der Waals surface area (Å²) in [6.45, 7) is -1.77. The number of ether oxygens (including phenoxy) is 3. The predicted molar refractivity (Wildman–Crippen MR) is 58.9 cm³/mol. The molecule has 0 aliphatic rings. The highest BCUT2D eigenvalue weighted by Crippen LogP contribution is 2.38. The Hall–Kier alpha value is -1.42. The first-order valence-electron chi connectivity index (χ1n) is 5.49. The minimum atomic E-state index is -1.77. The molecule has 0 amide bonds. The van der Waals surface area contributed by atoms with E-state index in [1.54, 1.807) is 12.1 Å². The molecule has 84 valence electrons. The molecule has 1 aromatic rings. The van der Waals surface area contributed by atoms with Crippen LogP contribution in [0.5, 0.6) is 17.2 Å². The highest BCUT2D eigenvalue weighted by molar-refractivity contribution is 5.53. The fraction of sp³-hybridized carbons (Fsp3) is 0.455. The van der Waals surface area contributed by atoms with E-state index in [9.17, 15) is 0 Å². The molecule has 0 atom stereocenters. The van der Waals surface area contributed by atoms with Crippen LogP contribution in [-0.4, -0.2) is 27.8 Å². The molecule has 4 heteroatoms. The molecule has 0 radical (unpaired) electrons. The largest absolute Gasteiger partial charge is 0.493 e. The Morgan fingerprint density at radius 1 is 1.13 bits per heavy atom. The van der Waals surface area contributed by atoms with E-state index in [4.69, 9.17) is 22.7 Å². The van der Waals surface area contributed by atoms with Gasteiger partial charge in [-0.2, -0.15) is 0 Å². The zero-order chi connectivity index (χ0) is 13.1. The molecule has 0 aliphatic carbocycles. The van der Waals surface area contributed by atoms with Crippen molar-refractivity contribution in [2.24, 2.45) is 5.73 Å². The summed E-state index contributed by atoms with van der Waals surface area (Å²) in [7, 11) is 4.54. The predicted octanol–water partition coefficient (Wildman–Crippen LogP) is 1.21. The van der Waals surface area contributed by atoms with Crippen LogP contribution < -0.4 is 19.9 Å². The van der Waals surface area contributed by atoms with E-state index in [1.807, 2.05) is 0 Å². The van der Waals surface area contributed by atoms with Crippen molar-refractivity contribution < 1.29 is 17.0 Å². The molecule has 0 fully saturated rings. The second kappa shape index (κ2) is 5.46. The minimum Gasteiger partial charge on any atom is -0.493 e. The monoisotopic (exact) mass is 213 g/mol. The van der Waals surface area contributed by atoms with Gasteiger partial charge in [0.2, 0.25) is 5.75 Å². The van der Waals surface area contributed by atoms with Gasteiger partial charge in [-0.25, -0.2) is 0 Å². The number of rotatable bonds is 5. The topological polar surface area (TPSA) is 53.7 Å². The molecule has 0 saturated carbocycles. The van der Waals surface area contributed by atoms with Crippen LogP contribution in [0.3, 0.4) is 0 Å². The van der Waals surface area contributed by atoms with Gasteiger partial charge in [0.05, 0.1) is 21.3 Å². The summed E-state index contributed by atoms with van der Waals surface area (Å²) in [5.41, 5.74) is 6.03. The third-order valence-corrected chi connectivity index (χ3v) is 2.03. The van der Waals surface area contributed by atoms with Crippen LogP contribution in [0, 0.1) is 0 Å². The summed E-state index contributed by atoms with van der Waals surface area (Å²) in [6.07, 6.45) is 0.0731. The van der Waals surface area contributed by atoms with E-state index in [0.29, 0.717) is 22.8 Å². The molecule has 0 bridgehead atoms. The number of hydrogen-bond acceptors (Lipinski definition) is 4. The Balaban J connectivity index is 3.18. The lowest BCUT2D eigenvalue weighted by Crippen LogP contribution is -2.04. The van der Waals surface area contributed by atoms with Crippen molar-refractivity contribution in [3.63, 3.8) is 0 Å². The van der Waals surface area contributed by atoms with Crippen molar-refractivity contribution in [2.45, 2.75) is 6.42 Å².